The number of aromatic amines is 1. The van der Waals surface area contributed by atoms with Gasteiger partial charge in [0.25, 0.3) is 11.4 Å². The van der Waals surface area contributed by atoms with Gasteiger partial charge in [-0.25, -0.2) is 15.1 Å². The van der Waals surface area contributed by atoms with Crippen LogP contribution in [0.3, 0.4) is 0 Å². The third-order valence-electron chi connectivity index (χ3n) is 5.22. The lowest BCUT2D eigenvalue weighted by Gasteiger charge is -2.17. The van der Waals surface area contributed by atoms with Crippen LogP contribution >= 0.6 is 0 Å². The van der Waals surface area contributed by atoms with Crippen molar-refractivity contribution >= 4 is 11.6 Å². The standard InChI is InChI=1S/C20H20F3N9O3/c1-11(28-14-7-27-30-18(33)16(14)20(21,22)23)9-34-10-15-29-17(31-35-15)13-2-3-32(8-13)19-25-5-12(4-24)6-26-19/h5-7,11,13H,2-3,8-10H2,1H3,(H2,28,30,33). The van der Waals surface area contributed by atoms with Gasteiger partial charge in [-0.2, -0.15) is 28.5 Å². The van der Waals surface area contributed by atoms with Crippen LogP contribution in [0.25, 0.3) is 0 Å². The van der Waals surface area contributed by atoms with Crippen LogP contribution < -0.4 is 15.8 Å². The Hall–Kier alpha value is -4.06. The van der Waals surface area contributed by atoms with E-state index in [1.54, 1.807) is 12.0 Å². The molecule has 0 aromatic carbocycles. The number of anilines is 2. The molecule has 0 radical (unpaired) electrons. The Labute approximate surface area is 196 Å². The first kappa shape index (κ1) is 24.1. The number of nitriles is 1. The lowest BCUT2D eigenvalue weighted by atomic mass is 10.1. The molecule has 0 aliphatic carbocycles. The van der Waals surface area contributed by atoms with Gasteiger partial charge in [0.2, 0.25) is 5.95 Å². The van der Waals surface area contributed by atoms with Gasteiger partial charge in [-0.15, -0.1) is 0 Å². The molecule has 1 saturated heterocycles. The third-order valence-corrected chi connectivity index (χ3v) is 5.22. The van der Waals surface area contributed by atoms with E-state index >= 15 is 0 Å². The fraction of sp³-hybridized carbons (Fsp3) is 0.450. The number of hydrogen-bond donors (Lipinski definition) is 2. The Morgan fingerprint density at radius 3 is 2.86 bits per heavy atom. The number of ether oxygens (including phenoxy) is 1. The highest BCUT2D eigenvalue weighted by Crippen LogP contribution is 2.31. The SMILES string of the molecule is CC(COCc1nc(C2CCN(c3ncc(C#N)cn3)C2)no1)Nc1cn[nH]c(=O)c1C(F)(F)F. The summed E-state index contributed by atoms with van der Waals surface area (Å²) < 4.78 is 50.2. The number of halogens is 3. The lowest BCUT2D eigenvalue weighted by Crippen LogP contribution is -2.29. The zero-order chi connectivity index (χ0) is 25.0. The summed E-state index contributed by atoms with van der Waals surface area (Å²) in [5.74, 6) is 1.26. The van der Waals surface area contributed by atoms with Crippen LogP contribution in [0, 0.1) is 11.3 Å². The smallest absolute Gasteiger partial charge is 0.378 e. The van der Waals surface area contributed by atoms with Gasteiger partial charge in [-0.3, -0.25) is 4.79 Å². The van der Waals surface area contributed by atoms with Crippen LogP contribution in [0.15, 0.2) is 27.9 Å². The Morgan fingerprint density at radius 2 is 2.14 bits per heavy atom. The quantitative estimate of drug-likeness (QED) is 0.473. The van der Waals surface area contributed by atoms with Crippen molar-refractivity contribution in [2.24, 2.45) is 0 Å². The van der Waals surface area contributed by atoms with Crippen LogP contribution in [0.1, 0.15) is 42.1 Å². The van der Waals surface area contributed by atoms with Crippen LogP contribution in [-0.2, 0) is 17.5 Å². The molecule has 12 nitrogen and oxygen atoms in total. The van der Waals surface area contributed by atoms with E-state index in [0.717, 1.165) is 12.6 Å². The van der Waals surface area contributed by atoms with E-state index in [2.05, 4.69) is 30.5 Å². The van der Waals surface area contributed by atoms with Crippen molar-refractivity contribution in [1.29, 1.82) is 5.26 Å². The average molecular weight is 491 g/mol. The lowest BCUT2D eigenvalue weighted by molar-refractivity contribution is -0.138. The Balaban J connectivity index is 1.28. The second kappa shape index (κ2) is 10.1. The normalized spacial score (nSPS) is 16.8. The summed E-state index contributed by atoms with van der Waals surface area (Å²) in [6.07, 6.45) is -0.243. The first-order chi connectivity index (χ1) is 16.7. The monoisotopic (exact) mass is 491 g/mol. The topological polar surface area (TPSA) is 159 Å². The molecule has 2 N–H and O–H groups in total. The van der Waals surface area contributed by atoms with E-state index in [-0.39, 0.29) is 25.0 Å². The molecule has 184 valence electrons. The van der Waals surface area contributed by atoms with Crippen molar-refractivity contribution in [2.45, 2.75) is 38.1 Å². The fourth-order valence-corrected chi connectivity index (χ4v) is 3.61. The summed E-state index contributed by atoms with van der Waals surface area (Å²) in [4.78, 5) is 26.2. The molecular formula is C20H20F3N9O3. The van der Waals surface area contributed by atoms with Crippen molar-refractivity contribution in [3.05, 3.63) is 51.8 Å². The molecule has 2 atom stereocenters. The molecule has 35 heavy (non-hydrogen) atoms. The molecule has 15 heteroatoms. The maximum absolute atomic E-state index is 13.1. The zero-order valence-electron chi connectivity index (χ0n) is 18.4. The van der Waals surface area contributed by atoms with E-state index in [0.29, 0.717) is 30.4 Å². The number of hydrogen-bond acceptors (Lipinski definition) is 11. The molecule has 0 saturated carbocycles. The van der Waals surface area contributed by atoms with Crippen LogP contribution in [0.5, 0.6) is 0 Å². The van der Waals surface area contributed by atoms with Gasteiger partial charge < -0.3 is 19.5 Å². The zero-order valence-corrected chi connectivity index (χ0v) is 18.4. The Kier molecular flexibility index (Phi) is 6.92. The number of alkyl halides is 3. The molecule has 0 bridgehead atoms. The van der Waals surface area contributed by atoms with Crippen molar-refractivity contribution in [3.63, 3.8) is 0 Å². The Bertz CT molecular complexity index is 1250. The van der Waals surface area contributed by atoms with Crippen LogP contribution in [-0.4, -0.2) is 56.0 Å². The maximum Gasteiger partial charge on any atom is 0.423 e. The Morgan fingerprint density at radius 1 is 1.37 bits per heavy atom. The molecule has 1 aliphatic rings. The van der Waals surface area contributed by atoms with Crippen LogP contribution in [0.2, 0.25) is 0 Å². The summed E-state index contributed by atoms with van der Waals surface area (Å²) in [5.41, 5.74) is -2.73. The molecule has 1 fully saturated rings. The minimum atomic E-state index is -4.83. The molecule has 2 unspecified atom stereocenters. The molecule has 3 aromatic heterocycles. The number of H-pyrrole nitrogens is 1. The number of aromatic nitrogens is 6. The highest BCUT2D eigenvalue weighted by molar-refractivity contribution is 5.50. The first-order valence-corrected chi connectivity index (χ1v) is 10.5. The molecular weight excluding hydrogens is 471 g/mol. The number of nitrogens with one attached hydrogen (secondary N) is 2. The molecule has 4 heterocycles. The van der Waals surface area contributed by atoms with Crippen LogP contribution in [0.4, 0.5) is 24.8 Å². The predicted molar refractivity (Wildman–Crippen MR) is 113 cm³/mol. The predicted octanol–water partition coefficient (Wildman–Crippen LogP) is 1.84. The minimum Gasteiger partial charge on any atom is -0.378 e. The summed E-state index contributed by atoms with van der Waals surface area (Å²) >= 11 is 0. The molecule has 3 aromatic rings. The minimum absolute atomic E-state index is 0.00297. The van der Waals surface area contributed by atoms with E-state index in [1.807, 2.05) is 11.0 Å². The second-order valence-corrected chi connectivity index (χ2v) is 7.91. The van der Waals surface area contributed by atoms with Gasteiger partial charge in [0.05, 0.1) is 36.4 Å². The second-order valence-electron chi connectivity index (χ2n) is 7.91. The fourth-order valence-electron chi connectivity index (χ4n) is 3.61. The maximum atomic E-state index is 13.1. The van der Waals surface area contributed by atoms with Gasteiger partial charge in [-0.05, 0) is 13.3 Å². The van der Waals surface area contributed by atoms with Crippen molar-refractivity contribution < 1.29 is 22.4 Å². The molecule has 0 spiro atoms. The summed E-state index contributed by atoms with van der Waals surface area (Å²) in [6, 6.07) is 1.40. The summed E-state index contributed by atoms with van der Waals surface area (Å²) in [6.45, 7) is 2.84. The van der Waals surface area contributed by atoms with E-state index in [9.17, 15) is 18.0 Å². The molecule has 4 rings (SSSR count). The summed E-state index contributed by atoms with van der Waals surface area (Å²) in [7, 11) is 0. The third kappa shape index (κ3) is 5.72. The average Bonchev–Trinajstić information content (AvgIpc) is 3.48. The van der Waals surface area contributed by atoms with Gasteiger partial charge in [0.1, 0.15) is 18.2 Å². The van der Waals surface area contributed by atoms with Crippen molar-refractivity contribution in [2.75, 3.05) is 29.9 Å². The summed E-state index contributed by atoms with van der Waals surface area (Å²) in [5, 5.41) is 20.6. The van der Waals surface area contributed by atoms with Crippen molar-refractivity contribution in [3.8, 4) is 6.07 Å². The largest absolute Gasteiger partial charge is 0.423 e. The number of rotatable bonds is 8. The highest BCUT2D eigenvalue weighted by atomic mass is 19.4. The van der Waals surface area contributed by atoms with Gasteiger partial charge in [-0.1, -0.05) is 5.16 Å². The van der Waals surface area contributed by atoms with Crippen molar-refractivity contribution in [1.82, 2.24) is 30.3 Å². The molecule has 1 aliphatic heterocycles. The first-order valence-electron chi connectivity index (χ1n) is 10.5. The van der Waals surface area contributed by atoms with Gasteiger partial charge >= 0.3 is 6.18 Å². The van der Waals surface area contributed by atoms with E-state index in [1.165, 1.54) is 12.4 Å². The molecule has 0 amide bonds. The van der Waals surface area contributed by atoms with Gasteiger partial charge in [0, 0.05) is 25.0 Å². The number of nitrogens with zero attached hydrogens (tertiary/aromatic N) is 7. The highest BCUT2D eigenvalue weighted by Gasteiger charge is 2.37. The van der Waals surface area contributed by atoms with Gasteiger partial charge in [0.15, 0.2) is 5.82 Å². The van der Waals surface area contributed by atoms with E-state index in [4.69, 9.17) is 14.5 Å². The van der Waals surface area contributed by atoms with E-state index < -0.39 is 29.0 Å².